The van der Waals surface area contributed by atoms with E-state index in [2.05, 4.69) is 5.32 Å². The highest BCUT2D eigenvalue weighted by Gasteiger charge is 2.56. The smallest absolute Gasteiger partial charge is 0.258 e. The predicted octanol–water partition coefficient (Wildman–Crippen LogP) is 1.69. The fourth-order valence-electron chi connectivity index (χ4n) is 5.08. The minimum Gasteiger partial charge on any atom is -0.396 e. The Morgan fingerprint density at radius 1 is 1.26 bits per heavy atom. The van der Waals surface area contributed by atoms with E-state index in [0.29, 0.717) is 23.4 Å². The molecule has 1 saturated heterocycles. The number of pyridine rings is 1. The summed E-state index contributed by atoms with van der Waals surface area (Å²) in [5.74, 6) is -2.00. The molecule has 1 aromatic carbocycles. The normalized spacial score (nSPS) is 24.1. The van der Waals surface area contributed by atoms with Crippen LogP contribution in [-0.2, 0) is 16.1 Å². The lowest BCUT2D eigenvalue weighted by molar-refractivity contribution is -0.134. The van der Waals surface area contributed by atoms with Crippen molar-refractivity contribution in [1.29, 1.82) is 0 Å². The molecule has 0 unspecified atom stereocenters. The summed E-state index contributed by atoms with van der Waals surface area (Å²) in [5.41, 5.74) is 1.08. The fraction of sp³-hybridized carbons (Fsp3) is 0.435. The molecule has 4 rings (SSSR count). The van der Waals surface area contributed by atoms with Gasteiger partial charge in [0.05, 0.1) is 18.0 Å². The first-order chi connectivity index (χ1) is 14.9. The van der Waals surface area contributed by atoms with Gasteiger partial charge in [-0.25, -0.2) is 4.39 Å². The van der Waals surface area contributed by atoms with Gasteiger partial charge in [-0.15, -0.1) is 0 Å². The van der Waals surface area contributed by atoms with Gasteiger partial charge in [-0.05, 0) is 36.2 Å². The summed E-state index contributed by atoms with van der Waals surface area (Å²) >= 11 is 0. The van der Waals surface area contributed by atoms with E-state index in [1.165, 1.54) is 19.1 Å². The Morgan fingerprint density at radius 3 is 2.68 bits per heavy atom. The topological polar surface area (TPSA) is 91.6 Å². The molecule has 8 heteroatoms. The Kier molecular flexibility index (Phi) is 5.66. The van der Waals surface area contributed by atoms with Crippen molar-refractivity contribution in [2.45, 2.75) is 38.9 Å². The summed E-state index contributed by atoms with van der Waals surface area (Å²) in [6.45, 7) is 3.79. The first-order valence-corrected chi connectivity index (χ1v) is 10.6. The van der Waals surface area contributed by atoms with E-state index in [1.54, 1.807) is 33.7 Å². The van der Waals surface area contributed by atoms with Gasteiger partial charge in [-0.2, -0.15) is 0 Å². The second kappa shape index (κ2) is 8.26. The van der Waals surface area contributed by atoms with E-state index in [-0.39, 0.29) is 30.5 Å². The summed E-state index contributed by atoms with van der Waals surface area (Å²) in [5, 5.41) is 13.0. The zero-order valence-corrected chi connectivity index (χ0v) is 17.5. The molecule has 2 aromatic rings. The maximum absolute atomic E-state index is 13.7. The Hall–Kier alpha value is -3.00. The highest BCUT2D eigenvalue weighted by molar-refractivity contribution is 5.83. The fourth-order valence-corrected chi connectivity index (χ4v) is 5.08. The molecule has 0 aliphatic carbocycles. The second-order valence-electron chi connectivity index (χ2n) is 8.20. The van der Waals surface area contributed by atoms with Crippen LogP contribution in [0.2, 0.25) is 0 Å². The largest absolute Gasteiger partial charge is 0.396 e. The minimum atomic E-state index is -0.654. The van der Waals surface area contributed by atoms with Gasteiger partial charge in [0.2, 0.25) is 11.8 Å². The molecule has 31 heavy (non-hydrogen) atoms. The lowest BCUT2D eigenvalue weighted by Crippen LogP contribution is -2.48. The molecule has 2 aliphatic heterocycles. The zero-order valence-electron chi connectivity index (χ0n) is 17.5. The third-order valence-corrected chi connectivity index (χ3v) is 6.40. The van der Waals surface area contributed by atoms with Crippen molar-refractivity contribution in [3.8, 4) is 11.1 Å². The van der Waals surface area contributed by atoms with Crippen molar-refractivity contribution in [3.05, 3.63) is 58.3 Å². The maximum Gasteiger partial charge on any atom is 0.258 e. The van der Waals surface area contributed by atoms with Crippen LogP contribution in [0, 0.1) is 17.7 Å². The van der Waals surface area contributed by atoms with Crippen LogP contribution in [0.5, 0.6) is 0 Å². The number of nitrogens with one attached hydrogen (secondary N) is 1. The molecular formula is C23H26FN3O4. The molecule has 2 N–H and O–H groups in total. The molecule has 2 bridgehead atoms. The lowest BCUT2D eigenvalue weighted by Gasteiger charge is -2.37. The van der Waals surface area contributed by atoms with E-state index in [1.807, 2.05) is 6.92 Å². The van der Waals surface area contributed by atoms with Gasteiger partial charge in [0.15, 0.2) is 0 Å². The molecule has 1 fully saturated rings. The number of fused-ring (bicyclic) bond motifs is 4. The molecule has 2 amide bonds. The number of benzene rings is 1. The van der Waals surface area contributed by atoms with Crippen molar-refractivity contribution in [2.75, 3.05) is 13.2 Å². The number of carbonyl (C=O) groups excluding carboxylic acids is 2. The molecule has 1 aromatic heterocycles. The van der Waals surface area contributed by atoms with Crippen LogP contribution < -0.4 is 10.9 Å². The average Bonchev–Trinajstić information content (AvgIpc) is 3.00. The van der Waals surface area contributed by atoms with E-state index in [4.69, 9.17) is 0 Å². The molecule has 7 nitrogen and oxygen atoms in total. The third-order valence-electron chi connectivity index (χ3n) is 6.40. The van der Waals surface area contributed by atoms with Gasteiger partial charge in [0.25, 0.3) is 5.56 Å². The van der Waals surface area contributed by atoms with E-state index in [0.717, 1.165) is 6.42 Å². The average molecular weight is 427 g/mol. The zero-order chi connectivity index (χ0) is 22.3. The molecule has 0 spiro atoms. The van der Waals surface area contributed by atoms with E-state index < -0.39 is 29.7 Å². The molecule has 2 aliphatic rings. The quantitative estimate of drug-likeness (QED) is 0.760. The number of halogens is 1. The Balaban J connectivity index is 1.84. The molecular weight excluding hydrogens is 401 g/mol. The number of aliphatic hydroxyl groups excluding tert-OH is 1. The van der Waals surface area contributed by atoms with Crippen molar-refractivity contribution in [2.24, 2.45) is 11.8 Å². The molecule has 3 heterocycles. The summed E-state index contributed by atoms with van der Waals surface area (Å²) in [7, 11) is 0. The van der Waals surface area contributed by atoms with Gasteiger partial charge in [-0.1, -0.05) is 19.1 Å². The Morgan fingerprint density at radius 2 is 2.03 bits per heavy atom. The number of aromatic nitrogens is 1. The standard InChI is InChI=1S/C23H26FN3O4/c1-3-9-25-22(30)20-17(12-28)19-11-26-18(21(20)27(19)13(2)29)8-7-16(23(26)31)14-5-4-6-15(24)10-14/h4-8,10,17,19-21,28H,3,9,11-12H2,1-2H3,(H,25,30)/t17-,19-,20+,21+/m0/s1. The number of carbonyl (C=O) groups is 2. The SMILES string of the molecule is CCCNC(=O)[C@@H]1[C@@H](CO)[C@@H]2Cn3c(ccc(-c4cccc(F)c4)c3=O)[C@H]1N2C(C)=O. The number of amides is 2. The highest BCUT2D eigenvalue weighted by Crippen LogP contribution is 2.48. The van der Waals surface area contributed by atoms with E-state index in [9.17, 15) is 23.9 Å². The van der Waals surface area contributed by atoms with Crippen molar-refractivity contribution in [1.82, 2.24) is 14.8 Å². The summed E-state index contributed by atoms with van der Waals surface area (Å²) in [6, 6.07) is 8.08. The molecule has 4 atom stereocenters. The van der Waals surface area contributed by atoms with Crippen molar-refractivity contribution >= 4 is 11.8 Å². The summed E-state index contributed by atoms with van der Waals surface area (Å²) < 4.78 is 15.3. The predicted molar refractivity (Wildman–Crippen MR) is 113 cm³/mol. The molecule has 164 valence electrons. The number of hydrogen-bond acceptors (Lipinski definition) is 4. The third kappa shape index (κ3) is 3.44. The monoisotopic (exact) mass is 427 g/mol. The van der Waals surface area contributed by atoms with E-state index >= 15 is 0 Å². The number of rotatable bonds is 5. The number of hydrogen-bond donors (Lipinski definition) is 2. The second-order valence-corrected chi connectivity index (χ2v) is 8.20. The van der Waals surface area contributed by atoms with Gasteiger partial charge < -0.3 is 19.9 Å². The van der Waals surface area contributed by atoms with Crippen LogP contribution in [0.4, 0.5) is 4.39 Å². The number of aliphatic hydroxyl groups is 1. The lowest BCUT2D eigenvalue weighted by atomic mass is 9.86. The van der Waals surface area contributed by atoms with Crippen LogP contribution in [0.15, 0.2) is 41.2 Å². The van der Waals surface area contributed by atoms with Crippen LogP contribution >= 0.6 is 0 Å². The minimum absolute atomic E-state index is 0.177. The van der Waals surface area contributed by atoms with Crippen molar-refractivity contribution < 1.29 is 19.1 Å². The number of nitrogens with zero attached hydrogens (tertiary/aromatic N) is 2. The Bertz CT molecular complexity index is 1080. The highest BCUT2D eigenvalue weighted by atomic mass is 19.1. The van der Waals surface area contributed by atoms with Gasteiger partial charge in [0.1, 0.15) is 5.82 Å². The van der Waals surface area contributed by atoms with Gasteiger partial charge in [-0.3, -0.25) is 14.4 Å². The first-order valence-electron chi connectivity index (χ1n) is 10.6. The molecule has 0 saturated carbocycles. The van der Waals surface area contributed by atoms with Crippen LogP contribution in [-0.4, -0.2) is 45.6 Å². The molecule has 0 radical (unpaired) electrons. The van der Waals surface area contributed by atoms with Crippen LogP contribution in [0.3, 0.4) is 0 Å². The van der Waals surface area contributed by atoms with Crippen LogP contribution in [0.25, 0.3) is 11.1 Å². The summed E-state index contributed by atoms with van der Waals surface area (Å²) in [6.07, 6.45) is 0.764. The maximum atomic E-state index is 13.7. The van der Waals surface area contributed by atoms with Gasteiger partial charge in [0, 0.05) is 43.8 Å². The summed E-state index contributed by atoms with van der Waals surface area (Å²) in [4.78, 5) is 40.5. The van der Waals surface area contributed by atoms with Gasteiger partial charge >= 0.3 is 0 Å². The van der Waals surface area contributed by atoms with Crippen molar-refractivity contribution in [3.63, 3.8) is 0 Å². The Labute approximate surface area is 179 Å². The van der Waals surface area contributed by atoms with Crippen LogP contribution in [0.1, 0.15) is 32.0 Å². The first kappa shape index (κ1) is 21.2.